The number of unbranched alkanes of at least 4 members (excludes halogenated alkanes) is 13. The Hall–Kier alpha value is 0.180. The van der Waals surface area contributed by atoms with Crippen LogP contribution in [0.1, 0.15) is 96.8 Å². The standard InChI is InChI=1S/C19H39N.BrH/c1-3-5-6-7-8-9-10-11-12-13-14-15-16-17-19-20-18-4-2;/h4,20H,2-3,5-19H2,1H3;1H. The molecule has 0 rings (SSSR count). The van der Waals surface area contributed by atoms with Crippen LogP contribution in [0, 0.1) is 0 Å². The molecule has 0 heterocycles. The largest absolute Gasteiger partial charge is 0.313 e. The maximum absolute atomic E-state index is 3.71. The highest BCUT2D eigenvalue weighted by molar-refractivity contribution is 8.93. The third-order valence-electron chi connectivity index (χ3n) is 4.00. The topological polar surface area (TPSA) is 12.0 Å². The van der Waals surface area contributed by atoms with Crippen LogP contribution in [0.5, 0.6) is 0 Å². The van der Waals surface area contributed by atoms with Crippen molar-refractivity contribution in [1.29, 1.82) is 0 Å². The molecule has 1 nitrogen and oxygen atoms in total. The fourth-order valence-corrected chi connectivity index (χ4v) is 2.65. The van der Waals surface area contributed by atoms with E-state index in [0.29, 0.717) is 0 Å². The zero-order valence-corrected chi connectivity index (χ0v) is 16.2. The van der Waals surface area contributed by atoms with Gasteiger partial charge in [-0.3, -0.25) is 0 Å². The van der Waals surface area contributed by atoms with E-state index in [4.69, 9.17) is 0 Å². The van der Waals surface area contributed by atoms with Crippen molar-refractivity contribution in [3.05, 3.63) is 12.7 Å². The molecule has 0 aromatic heterocycles. The van der Waals surface area contributed by atoms with Crippen LogP contribution < -0.4 is 5.32 Å². The summed E-state index contributed by atoms with van der Waals surface area (Å²) in [6, 6.07) is 0. The van der Waals surface area contributed by atoms with Gasteiger partial charge in [0.1, 0.15) is 0 Å². The van der Waals surface area contributed by atoms with Gasteiger partial charge >= 0.3 is 0 Å². The highest BCUT2D eigenvalue weighted by Crippen LogP contribution is 2.12. The molecule has 1 N–H and O–H groups in total. The van der Waals surface area contributed by atoms with Crippen molar-refractivity contribution in [2.24, 2.45) is 0 Å². The number of hydrogen-bond acceptors (Lipinski definition) is 1. The predicted molar refractivity (Wildman–Crippen MR) is 104 cm³/mol. The van der Waals surface area contributed by atoms with Crippen LogP contribution in [-0.4, -0.2) is 13.1 Å². The number of nitrogens with one attached hydrogen (secondary N) is 1. The summed E-state index contributed by atoms with van der Waals surface area (Å²) in [4.78, 5) is 0. The lowest BCUT2D eigenvalue weighted by Gasteiger charge is -2.03. The quantitative estimate of drug-likeness (QED) is 0.221. The van der Waals surface area contributed by atoms with Crippen molar-refractivity contribution in [1.82, 2.24) is 5.32 Å². The molecule has 0 aromatic carbocycles. The van der Waals surface area contributed by atoms with Gasteiger partial charge in [0.25, 0.3) is 0 Å². The van der Waals surface area contributed by atoms with E-state index in [9.17, 15) is 0 Å². The summed E-state index contributed by atoms with van der Waals surface area (Å²) in [6.07, 6.45) is 22.0. The Labute approximate surface area is 145 Å². The molecule has 0 fully saturated rings. The lowest BCUT2D eigenvalue weighted by molar-refractivity contribution is 0.532. The summed E-state index contributed by atoms with van der Waals surface area (Å²) in [5.41, 5.74) is 0. The molecule has 0 spiro atoms. The Balaban J connectivity index is 0. The predicted octanol–water partition coefficient (Wildman–Crippen LogP) is 6.82. The first kappa shape index (κ1) is 23.4. The molecular weight excluding hydrogens is 322 g/mol. The Bertz CT molecular complexity index is 182. The minimum absolute atomic E-state index is 0. The lowest BCUT2D eigenvalue weighted by atomic mass is 10.0. The molecule has 0 amide bonds. The van der Waals surface area contributed by atoms with Crippen molar-refractivity contribution in [3.8, 4) is 0 Å². The van der Waals surface area contributed by atoms with E-state index in [1.54, 1.807) is 0 Å². The second kappa shape index (κ2) is 22.5. The Morgan fingerprint density at radius 1 is 0.667 bits per heavy atom. The zero-order chi connectivity index (χ0) is 14.7. The smallest absolute Gasteiger partial charge is 0.0132 e. The van der Waals surface area contributed by atoms with E-state index in [1.165, 1.54) is 89.9 Å². The third-order valence-corrected chi connectivity index (χ3v) is 4.00. The van der Waals surface area contributed by atoms with Crippen molar-refractivity contribution >= 4 is 17.0 Å². The maximum Gasteiger partial charge on any atom is 0.0132 e. The van der Waals surface area contributed by atoms with E-state index in [1.807, 2.05) is 6.08 Å². The van der Waals surface area contributed by atoms with E-state index < -0.39 is 0 Å². The van der Waals surface area contributed by atoms with Gasteiger partial charge in [0.05, 0.1) is 0 Å². The fourth-order valence-electron chi connectivity index (χ4n) is 2.65. The number of rotatable bonds is 17. The van der Waals surface area contributed by atoms with Gasteiger partial charge in [0.2, 0.25) is 0 Å². The first-order valence-corrected chi connectivity index (χ1v) is 9.23. The van der Waals surface area contributed by atoms with Crippen LogP contribution in [0.15, 0.2) is 12.7 Å². The van der Waals surface area contributed by atoms with E-state index in [0.717, 1.165) is 13.1 Å². The van der Waals surface area contributed by atoms with Gasteiger partial charge in [-0.15, -0.1) is 23.6 Å². The highest BCUT2D eigenvalue weighted by Gasteiger charge is 1.93. The molecule has 0 aromatic rings. The first-order valence-electron chi connectivity index (χ1n) is 9.23. The minimum Gasteiger partial charge on any atom is -0.313 e. The summed E-state index contributed by atoms with van der Waals surface area (Å²) in [5, 5.41) is 3.36. The average Bonchev–Trinajstić information content (AvgIpc) is 2.47. The van der Waals surface area contributed by atoms with Crippen LogP contribution >= 0.6 is 17.0 Å². The van der Waals surface area contributed by atoms with Crippen LogP contribution in [0.4, 0.5) is 0 Å². The summed E-state index contributed by atoms with van der Waals surface area (Å²) >= 11 is 0. The molecular formula is C19H40BrN. The van der Waals surface area contributed by atoms with Crippen LogP contribution in [0.3, 0.4) is 0 Å². The maximum atomic E-state index is 3.71. The number of hydrogen-bond donors (Lipinski definition) is 1. The molecule has 0 radical (unpaired) electrons. The van der Waals surface area contributed by atoms with Gasteiger partial charge in [-0.2, -0.15) is 0 Å². The molecule has 128 valence electrons. The highest BCUT2D eigenvalue weighted by atomic mass is 79.9. The van der Waals surface area contributed by atoms with Gasteiger partial charge in [-0.1, -0.05) is 96.5 Å². The van der Waals surface area contributed by atoms with Crippen LogP contribution in [0.25, 0.3) is 0 Å². The van der Waals surface area contributed by atoms with Crippen LogP contribution in [-0.2, 0) is 0 Å². The molecule has 0 aliphatic heterocycles. The molecule has 21 heavy (non-hydrogen) atoms. The fraction of sp³-hybridized carbons (Fsp3) is 0.895. The second-order valence-electron chi connectivity index (χ2n) is 6.09. The van der Waals surface area contributed by atoms with E-state index >= 15 is 0 Å². The van der Waals surface area contributed by atoms with Crippen LogP contribution in [0.2, 0.25) is 0 Å². The molecule has 0 aliphatic carbocycles. The lowest BCUT2D eigenvalue weighted by Crippen LogP contribution is -2.14. The third kappa shape index (κ3) is 22.6. The Kier molecular flexibility index (Phi) is 25.1. The van der Waals surface area contributed by atoms with Gasteiger partial charge in [-0.05, 0) is 13.0 Å². The summed E-state index contributed by atoms with van der Waals surface area (Å²) in [6.45, 7) is 8.11. The van der Waals surface area contributed by atoms with Crippen molar-refractivity contribution < 1.29 is 0 Å². The van der Waals surface area contributed by atoms with Gasteiger partial charge in [0.15, 0.2) is 0 Å². The normalized spacial score (nSPS) is 10.3. The van der Waals surface area contributed by atoms with Crippen molar-refractivity contribution in [3.63, 3.8) is 0 Å². The zero-order valence-electron chi connectivity index (χ0n) is 14.5. The Morgan fingerprint density at radius 2 is 1.05 bits per heavy atom. The van der Waals surface area contributed by atoms with E-state index in [2.05, 4.69) is 18.8 Å². The number of halogens is 1. The molecule has 0 unspecified atom stereocenters. The summed E-state index contributed by atoms with van der Waals surface area (Å²) in [5.74, 6) is 0. The molecule has 2 heteroatoms. The monoisotopic (exact) mass is 361 g/mol. The average molecular weight is 362 g/mol. The molecule has 0 bridgehead atoms. The minimum atomic E-state index is 0. The second-order valence-corrected chi connectivity index (χ2v) is 6.09. The SMILES string of the molecule is Br.C=CCNCCCCCCCCCCCCCCCC. The van der Waals surface area contributed by atoms with Gasteiger partial charge in [0, 0.05) is 6.54 Å². The molecule has 0 atom stereocenters. The molecule has 0 saturated carbocycles. The van der Waals surface area contributed by atoms with Crippen molar-refractivity contribution in [2.45, 2.75) is 96.8 Å². The first-order chi connectivity index (χ1) is 9.91. The summed E-state index contributed by atoms with van der Waals surface area (Å²) in [7, 11) is 0. The Morgan fingerprint density at radius 3 is 1.43 bits per heavy atom. The summed E-state index contributed by atoms with van der Waals surface area (Å²) < 4.78 is 0. The van der Waals surface area contributed by atoms with E-state index in [-0.39, 0.29) is 17.0 Å². The molecule has 0 aliphatic rings. The van der Waals surface area contributed by atoms with Crippen molar-refractivity contribution in [2.75, 3.05) is 13.1 Å². The van der Waals surface area contributed by atoms with Gasteiger partial charge in [-0.25, -0.2) is 0 Å². The van der Waals surface area contributed by atoms with Gasteiger partial charge < -0.3 is 5.32 Å². The molecule has 0 saturated heterocycles.